The van der Waals surface area contributed by atoms with Crippen LogP contribution in [0.3, 0.4) is 0 Å². The Morgan fingerprint density at radius 2 is 1.67 bits per heavy atom. The molecule has 8 nitrogen and oxygen atoms in total. The number of urea groups is 1. The Morgan fingerprint density at radius 1 is 0.970 bits per heavy atom. The van der Waals surface area contributed by atoms with Gasteiger partial charge >= 0.3 is 6.03 Å². The van der Waals surface area contributed by atoms with E-state index in [0.717, 1.165) is 18.4 Å². The van der Waals surface area contributed by atoms with Crippen molar-refractivity contribution < 1.29 is 23.8 Å². The summed E-state index contributed by atoms with van der Waals surface area (Å²) in [6.45, 7) is 1.86. The molecule has 0 unspecified atom stereocenters. The van der Waals surface area contributed by atoms with Crippen LogP contribution in [-0.2, 0) is 4.79 Å². The van der Waals surface area contributed by atoms with Gasteiger partial charge in [-0.3, -0.25) is 4.79 Å². The number of nitrogens with zero attached hydrogens (tertiary/aromatic N) is 1. The second-order valence-corrected chi connectivity index (χ2v) is 7.75. The van der Waals surface area contributed by atoms with E-state index in [0.29, 0.717) is 48.5 Å². The van der Waals surface area contributed by atoms with Gasteiger partial charge in [-0.15, -0.1) is 0 Å². The third kappa shape index (κ3) is 6.65. The molecular weight excluding hydrogens is 422 g/mol. The van der Waals surface area contributed by atoms with E-state index in [1.807, 2.05) is 36.4 Å². The topological polar surface area (TPSA) is 89.1 Å². The number of carbonyl (C=O) groups is 2. The molecule has 2 aromatic carbocycles. The predicted molar refractivity (Wildman–Crippen MR) is 128 cm³/mol. The smallest absolute Gasteiger partial charge is 0.321 e. The SMILES string of the molecule is COc1ccccc1NC(=O)N1CCC(CNC(=O)/C=C/c2ccc(OC)c(OC)c2)CC1. The fourth-order valence-electron chi connectivity index (χ4n) is 3.71. The van der Waals surface area contributed by atoms with Gasteiger partial charge in [-0.05, 0) is 54.7 Å². The van der Waals surface area contributed by atoms with Gasteiger partial charge in [-0.25, -0.2) is 4.79 Å². The normalized spacial score (nSPS) is 14.1. The highest BCUT2D eigenvalue weighted by atomic mass is 16.5. The molecular formula is C25H31N3O5. The van der Waals surface area contributed by atoms with Crippen molar-refractivity contribution in [2.24, 2.45) is 5.92 Å². The van der Waals surface area contributed by atoms with Crippen LogP contribution in [0.5, 0.6) is 17.2 Å². The van der Waals surface area contributed by atoms with Crippen LogP contribution in [-0.4, -0.2) is 57.8 Å². The summed E-state index contributed by atoms with van der Waals surface area (Å²) in [5.41, 5.74) is 1.50. The lowest BCUT2D eigenvalue weighted by atomic mass is 9.97. The average molecular weight is 454 g/mol. The first-order chi connectivity index (χ1) is 16.0. The molecule has 0 spiro atoms. The molecule has 1 fully saturated rings. The van der Waals surface area contributed by atoms with Crippen LogP contribution >= 0.6 is 0 Å². The van der Waals surface area contributed by atoms with Gasteiger partial charge in [0.25, 0.3) is 0 Å². The van der Waals surface area contributed by atoms with Gasteiger partial charge in [-0.1, -0.05) is 18.2 Å². The highest BCUT2D eigenvalue weighted by Crippen LogP contribution is 2.28. The van der Waals surface area contributed by atoms with Crippen molar-refractivity contribution in [2.75, 3.05) is 46.3 Å². The molecule has 0 atom stereocenters. The summed E-state index contributed by atoms with van der Waals surface area (Å²) >= 11 is 0. The van der Waals surface area contributed by atoms with E-state index in [1.54, 1.807) is 38.4 Å². The van der Waals surface area contributed by atoms with Crippen molar-refractivity contribution in [1.29, 1.82) is 0 Å². The van der Waals surface area contributed by atoms with E-state index in [-0.39, 0.29) is 11.9 Å². The molecule has 0 aromatic heterocycles. The fraction of sp³-hybridized carbons (Fsp3) is 0.360. The monoisotopic (exact) mass is 453 g/mol. The largest absolute Gasteiger partial charge is 0.495 e. The minimum atomic E-state index is -0.152. The van der Waals surface area contributed by atoms with E-state index in [4.69, 9.17) is 14.2 Å². The average Bonchev–Trinajstić information content (AvgIpc) is 2.86. The molecule has 0 saturated carbocycles. The van der Waals surface area contributed by atoms with Crippen molar-refractivity contribution in [3.8, 4) is 17.2 Å². The number of piperidine rings is 1. The van der Waals surface area contributed by atoms with Crippen molar-refractivity contribution >= 4 is 23.7 Å². The zero-order valence-corrected chi connectivity index (χ0v) is 19.3. The third-order valence-electron chi connectivity index (χ3n) is 5.65. The van der Waals surface area contributed by atoms with Crippen LogP contribution in [0.1, 0.15) is 18.4 Å². The lowest BCUT2D eigenvalue weighted by Gasteiger charge is -2.32. The first-order valence-corrected chi connectivity index (χ1v) is 10.9. The van der Waals surface area contributed by atoms with Gasteiger partial charge in [0.2, 0.25) is 5.91 Å². The Hall–Kier alpha value is -3.68. The number of carbonyl (C=O) groups excluding carboxylic acids is 2. The van der Waals surface area contributed by atoms with E-state index < -0.39 is 0 Å². The van der Waals surface area contributed by atoms with E-state index in [1.165, 1.54) is 6.08 Å². The van der Waals surface area contributed by atoms with Crippen LogP contribution < -0.4 is 24.8 Å². The molecule has 2 aromatic rings. The zero-order chi connectivity index (χ0) is 23.6. The van der Waals surface area contributed by atoms with E-state index >= 15 is 0 Å². The molecule has 0 radical (unpaired) electrons. The van der Waals surface area contributed by atoms with Crippen LogP contribution in [0.4, 0.5) is 10.5 Å². The number of rotatable bonds is 8. The molecule has 2 N–H and O–H groups in total. The highest BCUT2D eigenvalue weighted by molar-refractivity contribution is 5.92. The number of para-hydroxylation sites is 2. The van der Waals surface area contributed by atoms with Crippen molar-refractivity contribution in [2.45, 2.75) is 12.8 Å². The maximum atomic E-state index is 12.6. The maximum absolute atomic E-state index is 12.6. The molecule has 8 heteroatoms. The van der Waals surface area contributed by atoms with Crippen LogP contribution in [0.15, 0.2) is 48.5 Å². The van der Waals surface area contributed by atoms with Gasteiger partial charge < -0.3 is 29.7 Å². The van der Waals surface area contributed by atoms with Crippen LogP contribution in [0.25, 0.3) is 6.08 Å². The predicted octanol–water partition coefficient (Wildman–Crippen LogP) is 3.79. The third-order valence-corrected chi connectivity index (χ3v) is 5.65. The first kappa shape index (κ1) is 24.0. The molecule has 1 aliphatic rings. The Bertz CT molecular complexity index is 984. The van der Waals surface area contributed by atoms with Crippen molar-refractivity contribution in [1.82, 2.24) is 10.2 Å². The minimum absolute atomic E-state index is 0.139. The second kappa shape index (κ2) is 11.8. The lowest BCUT2D eigenvalue weighted by molar-refractivity contribution is -0.116. The Kier molecular flexibility index (Phi) is 8.57. The van der Waals surface area contributed by atoms with Crippen LogP contribution in [0.2, 0.25) is 0 Å². The van der Waals surface area contributed by atoms with E-state index in [2.05, 4.69) is 10.6 Å². The number of hydrogen-bond donors (Lipinski definition) is 2. The van der Waals surface area contributed by atoms with Crippen molar-refractivity contribution in [3.63, 3.8) is 0 Å². The molecule has 1 aliphatic heterocycles. The number of benzene rings is 2. The Labute approximate surface area is 194 Å². The number of likely N-dealkylation sites (tertiary alicyclic amines) is 1. The minimum Gasteiger partial charge on any atom is -0.495 e. The lowest BCUT2D eigenvalue weighted by Crippen LogP contribution is -2.43. The molecule has 176 valence electrons. The number of amides is 3. The molecule has 0 bridgehead atoms. The molecule has 1 saturated heterocycles. The van der Waals surface area contributed by atoms with Gasteiger partial charge in [0.05, 0.1) is 27.0 Å². The molecule has 3 rings (SSSR count). The summed E-state index contributed by atoms with van der Waals surface area (Å²) in [6.07, 6.45) is 4.91. The number of nitrogens with one attached hydrogen (secondary N) is 2. The van der Waals surface area contributed by atoms with Crippen molar-refractivity contribution in [3.05, 3.63) is 54.1 Å². The van der Waals surface area contributed by atoms with Gasteiger partial charge in [0, 0.05) is 25.7 Å². The summed E-state index contributed by atoms with van der Waals surface area (Å²) in [5, 5.41) is 5.87. The quantitative estimate of drug-likeness (QED) is 0.594. The Balaban J connectivity index is 1.42. The summed E-state index contributed by atoms with van der Waals surface area (Å²) in [5.74, 6) is 2.06. The summed E-state index contributed by atoms with van der Waals surface area (Å²) < 4.78 is 15.8. The fourth-order valence-corrected chi connectivity index (χ4v) is 3.71. The highest BCUT2D eigenvalue weighted by Gasteiger charge is 2.23. The molecule has 0 aliphatic carbocycles. The number of hydrogen-bond acceptors (Lipinski definition) is 5. The molecule has 33 heavy (non-hydrogen) atoms. The summed E-state index contributed by atoms with van der Waals surface area (Å²) in [6, 6.07) is 12.7. The second-order valence-electron chi connectivity index (χ2n) is 7.75. The number of anilines is 1. The summed E-state index contributed by atoms with van der Waals surface area (Å²) in [4.78, 5) is 26.6. The van der Waals surface area contributed by atoms with Gasteiger partial charge in [-0.2, -0.15) is 0 Å². The number of ether oxygens (including phenoxy) is 3. The standard InChI is InChI=1S/C25H31N3O5/c1-31-21-7-5-4-6-20(21)27-25(30)28-14-12-19(13-15-28)17-26-24(29)11-9-18-8-10-22(32-2)23(16-18)33-3/h4-11,16,19H,12-15,17H2,1-3H3,(H,26,29)(H,27,30)/b11-9+. The van der Waals surface area contributed by atoms with Gasteiger partial charge in [0.1, 0.15) is 5.75 Å². The van der Waals surface area contributed by atoms with E-state index in [9.17, 15) is 9.59 Å². The Morgan fingerprint density at radius 3 is 2.36 bits per heavy atom. The molecule has 3 amide bonds. The van der Waals surface area contributed by atoms with Gasteiger partial charge in [0.15, 0.2) is 11.5 Å². The van der Waals surface area contributed by atoms with Crippen LogP contribution in [0, 0.1) is 5.92 Å². The molecule has 1 heterocycles. The maximum Gasteiger partial charge on any atom is 0.321 e. The number of methoxy groups -OCH3 is 3. The zero-order valence-electron chi connectivity index (χ0n) is 19.3. The summed E-state index contributed by atoms with van der Waals surface area (Å²) in [7, 11) is 4.73. The first-order valence-electron chi connectivity index (χ1n) is 10.9.